The molecule has 3 aromatic carbocycles. The molecule has 8 nitrogen and oxygen atoms in total. The zero-order chi connectivity index (χ0) is 28.4. The van der Waals surface area contributed by atoms with E-state index in [0.29, 0.717) is 29.5 Å². The number of anilines is 1. The summed E-state index contributed by atoms with van der Waals surface area (Å²) in [4.78, 5) is 28.2. The molecule has 3 aromatic rings. The third kappa shape index (κ3) is 5.35. The molecule has 0 bridgehead atoms. The maximum absolute atomic E-state index is 13.5. The van der Waals surface area contributed by atoms with Crippen molar-refractivity contribution in [1.82, 2.24) is 0 Å². The molecule has 1 aliphatic heterocycles. The molecule has 1 saturated heterocycles. The average molecular weight is 572 g/mol. The predicted molar refractivity (Wildman–Crippen MR) is 149 cm³/mol. The number of hydrogen-bond donors (Lipinski definition) is 2. The number of hydrogen-bond acceptors (Lipinski definition) is 7. The van der Waals surface area contributed by atoms with E-state index in [-0.39, 0.29) is 38.4 Å². The summed E-state index contributed by atoms with van der Waals surface area (Å²) in [6.45, 7) is 4.57. The van der Waals surface area contributed by atoms with Crippen molar-refractivity contribution in [2.45, 2.75) is 19.9 Å². The van der Waals surface area contributed by atoms with E-state index in [1.165, 1.54) is 37.3 Å². The van der Waals surface area contributed by atoms with Gasteiger partial charge in [-0.3, -0.25) is 14.5 Å². The van der Waals surface area contributed by atoms with Gasteiger partial charge in [0.15, 0.2) is 11.5 Å². The van der Waals surface area contributed by atoms with E-state index in [1.54, 1.807) is 36.4 Å². The number of ether oxygens (including phenoxy) is 3. The van der Waals surface area contributed by atoms with Gasteiger partial charge >= 0.3 is 0 Å². The van der Waals surface area contributed by atoms with Gasteiger partial charge in [0.2, 0.25) is 0 Å². The van der Waals surface area contributed by atoms with E-state index in [2.05, 4.69) is 0 Å². The van der Waals surface area contributed by atoms with Crippen molar-refractivity contribution in [3.05, 3.63) is 81.3 Å². The molecule has 0 radical (unpaired) electrons. The van der Waals surface area contributed by atoms with Crippen LogP contribution in [-0.4, -0.2) is 42.7 Å². The Morgan fingerprint density at radius 3 is 2.26 bits per heavy atom. The maximum Gasteiger partial charge on any atom is 0.300 e. The fourth-order valence-corrected chi connectivity index (χ4v) is 5.05. The lowest BCUT2D eigenvalue weighted by Gasteiger charge is -2.26. The second-order valence-electron chi connectivity index (χ2n) is 9.25. The number of aromatic hydroxyl groups is 1. The number of nitrogens with zero attached hydrogens (tertiary/aromatic N) is 1. The number of aliphatic hydroxyl groups is 1. The van der Waals surface area contributed by atoms with Crippen LogP contribution < -0.4 is 19.1 Å². The maximum atomic E-state index is 13.5. The van der Waals surface area contributed by atoms with Gasteiger partial charge in [-0.25, -0.2) is 0 Å². The summed E-state index contributed by atoms with van der Waals surface area (Å²) in [5.41, 5.74) is 0.537. The summed E-state index contributed by atoms with van der Waals surface area (Å²) in [5, 5.41) is 21.8. The number of ketones is 1. The SMILES string of the molecule is COc1c(Cl)cc(/C(O)=C2\C(=O)C(=O)N(c3ccc(OCC(C)C)cc3)C2c2cccc(O)c2)c(OC)c1Cl. The first-order valence-electron chi connectivity index (χ1n) is 12.0. The predicted octanol–water partition coefficient (Wildman–Crippen LogP) is 6.38. The molecule has 1 amide bonds. The van der Waals surface area contributed by atoms with Crippen LogP contribution in [0.25, 0.3) is 5.76 Å². The minimum Gasteiger partial charge on any atom is -0.508 e. The van der Waals surface area contributed by atoms with Crippen molar-refractivity contribution in [1.29, 1.82) is 0 Å². The first-order valence-corrected chi connectivity index (χ1v) is 12.8. The van der Waals surface area contributed by atoms with Crippen molar-refractivity contribution < 1.29 is 34.0 Å². The Kier molecular flexibility index (Phi) is 8.28. The molecule has 0 aliphatic carbocycles. The van der Waals surface area contributed by atoms with Crippen molar-refractivity contribution in [2.75, 3.05) is 25.7 Å². The Hall–Kier alpha value is -3.88. The summed E-state index contributed by atoms with van der Waals surface area (Å²) in [7, 11) is 2.71. The zero-order valence-electron chi connectivity index (χ0n) is 21.7. The quantitative estimate of drug-likeness (QED) is 0.183. The first kappa shape index (κ1) is 28.1. The van der Waals surface area contributed by atoms with Gasteiger partial charge in [0.1, 0.15) is 22.3 Å². The second kappa shape index (κ2) is 11.5. The van der Waals surface area contributed by atoms with Crippen LogP contribution in [0.4, 0.5) is 5.69 Å². The topological polar surface area (TPSA) is 106 Å². The summed E-state index contributed by atoms with van der Waals surface area (Å²) in [6, 6.07) is 13.0. The summed E-state index contributed by atoms with van der Waals surface area (Å²) in [5.74, 6) is -1.39. The Morgan fingerprint density at radius 1 is 1.00 bits per heavy atom. The standard InChI is InChI=1S/C29H27Cl2NO7/c1-15(2)14-39-19-10-8-17(9-11-19)32-24(16-6-5-7-18(33)12-16)22(26(35)29(32)36)25(34)20-13-21(30)28(38-4)23(31)27(20)37-3/h5-13,15,24,33-34H,14H2,1-4H3/b25-22+. The van der Waals surface area contributed by atoms with Gasteiger partial charge in [-0.15, -0.1) is 0 Å². The van der Waals surface area contributed by atoms with Crippen molar-refractivity contribution in [2.24, 2.45) is 5.92 Å². The van der Waals surface area contributed by atoms with Gasteiger partial charge in [-0.1, -0.05) is 49.2 Å². The Balaban J connectivity index is 1.92. The van der Waals surface area contributed by atoms with E-state index in [9.17, 15) is 19.8 Å². The number of carbonyl (C=O) groups is 2. The number of amides is 1. The minimum absolute atomic E-state index is 0.00271. The number of rotatable bonds is 8. The van der Waals surface area contributed by atoms with Gasteiger partial charge < -0.3 is 24.4 Å². The molecular formula is C29H27Cl2NO7. The molecule has 1 heterocycles. The second-order valence-corrected chi connectivity index (χ2v) is 10.0. The molecule has 10 heteroatoms. The molecule has 1 unspecified atom stereocenters. The Morgan fingerprint density at radius 2 is 1.67 bits per heavy atom. The fraction of sp³-hybridized carbons (Fsp3) is 0.241. The number of carbonyl (C=O) groups excluding carboxylic acids is 2. The summed E-state index contributed by atoms with van der Waals surface area (Å²) < 4.78 is 16.4. The van der Waals surface area contributed by atoms with E-state index < -0.39 is 23.5 Å². The van der Waals surface area contributed by atoms with E-state index in [4.69, 9.17) is 37.4 Å². The largest absolute Gasteiger partial charge is 0.508 e. The van der Waals surface area contributed by atoms with Crippen LogP contribution in [0.3, 0.4) is 0 Å². The van der Waals surface area contributed by atoms with Gasteiger partial charge in [0.25, 0.3) is 11.7 Å². The highest BCUT2D eigenvalue weighted by Gasteiger charge is 2.47. The smallest absolute Gasteiger partial charge is 0.300 e. The molecule has 0 aromatic heterocycles. The van der Waals surface area contributed by atoms with Crippen molar-refractivity contribution in [3.63, 3.8) is 0 Å². The highest BCUT2D eigenvalue weighted by Crippen LogP contribution is 2.48. The average Bonchev–Trinajstić information content (AvgIpc) is 3.17. The van der Waals surface area contributed by atoms with Crippen LogP contribution in [-0.2, 0) is 9.59 Å². The van der Waals surface area contributed by atoms with Crippen LogP contribution in [0.15, 0.2) is 60.2 Å². The lowest BCUT2D eigenvalue weighted by atomic mass is 9.94. The number of halogens is 2. The van der Waals surface area contributed by atoms with Gasteiger partial charge in [0, 0.05) is 5.69 Å². The number of Topliss-reactive ketones (excluding diaryl/α,β-unsaturated/α-hetero) is 1. The lowest BCUT2D eigenvalue weighted by Crippen LogP contribution is -2.29. The number of aliphatic hydroxyl groups excluding tert-OH is 1. The number of phenols is 1. The molecule has 39 heavy (non-hydrogen) atoms. The van der Waals surface area contributed by atoms with Gasteiger partial charge in [-0.05, 0) is 53.9 Å². The molecule has 4 rings (SSSR count). The van der Waals surface area contributed by atoms with Crippen molar-refractivity contribution in [3.8, 4) is 23.0 Å². The van der Waals surface area contributed by atoms with Crippen LogP contribution in [0.5, 0.6) is 23.0 Å². The highest BCUT2D eigenvalue weighted by atomic mass is 35.5. The number of phenolic OH excluding ortho intramolecular Hbond substituents is 1. The Bertz CT molecular complexity index is 1450. The van der Waals surface area contributed by atoms with Gasteiger partial charge in [-0.2, -0.15) is 0 Å². The minimum atomic E-state index is -1.09. The molecule has 1 atom stereocenters. The molecule has 1 fully saturated rings. The highest BCUT2D eigenvalue weighted by molar-refractivity contribution is 6.52. The molecule has 0 spiro atoms. The van der Waals surface area contributed by atoms with E-state index in [0.717, 1.165) is 0 Å². The van der Waals surface area contributed by atoms with E-state index in [1.807, 2.05) is 13.8 Å². The van der Waals surface area contributed by atoms with Crippen LogP contribution in [0, 0.1) is 5.92 Å². The van der Waals surface area contributed by atoms with Crippen LogP contribution in [0.1, 0.15) is 31.0 Å². The van der Waals surface area contributed by atoms with Crippen LogP contribution in [0.2, 0.25) is 10.0 Å². The number of methoxy groups -OCH3 is 2. The monoisotopic (exact) mass is 571 g/mol. The molecule has 1 aliphatic rings. The Labute approximate surface area is 235 Å². The molecular weight excluding hydrogens is 545 g/mol. The van der Waals surface area contributed by atoms with E-state index >= 15 is 0 Å². The zero-order valence-corrected chi connectivity index (χ0v) is 23.2. The molecule has 204 valence electrons. The fourth-order valence-electron chi connectivity index (χ4n) is 4.37. The molecule has 2 N–H and O–H groups in total. The molecule has 0 saturated carbocycles. The first-order chi connectivity index (χ1) is 18.6. The lowest BCUT2D eigenvalue weighted by molar-refractivity contribution is -0.132. The summed E-state index contributed by atoms with van der Waals surface area (Å²) >= 11 is 12.8. The van der Waals surface area contributed by atoms with Crippen LogP contribution >= 0.6 is 23.2 Å². The summed E-state index contributed by atoms with van der Waals surface area (Å²) in [6.07, 6.45) is 0. The third-order valence-electron chi connectivity index (χ3n) is 6.12. The normalized spacial score (nSPS) is 16.6. The van der Waals surface area contributed by atoms with Gasteiger partial charge in [0.05, 0.1) is 43.0 Å². The van der Waals surface area contributed by atoms with Crippen molar-refractivity contribution >= 4 is 46.3 Å². The number of benzene rings is 3. The third-order valence-corrected chi connectivity index (χ3v) is 6.75.